The van der Waals surface area contributed by atoms with E-state index < -0.39 is 15.8 Å². The summed E-state index contributed by atoms with van der Waals surface area (Å²) in [5.41, 5.74) is 1.81. The number of hydrogen-bond acceptors (Lipinski definition) is 8. The first-order chi connectivity index (χ1) is 22.6. The highest BCUT2D eigenvalue weighted by Crippen LogP contribution is 2.41. The quantitative estimate of drug-likeness (QED) is 0.112. The fourth-order valence-electron chi connectivity index (χ4n) is 5.12. The lowest BCUT2D eigenvalue weighted by Gasteiger charge is -2.20. The van der Waals surface area contributed by atoms with E-state index >= 15 is 0 Å². The summed E-state index contributed by atoms with van der Waals surface area (Å²) in [7, 11) is -3.33. The maximum atomic E-state index is 12.0. The van der Waals surface area contributed by atoms with E-state index in [1.165, 1.54) is 18.4 Å². The van der Waals surface area contributed by atoms with E-state index in [-0.39, 0.29) is 16.2 Å². The zero-order chi connectivity index (χ0) is 33.4. The Hall–Kier alpha value is -5.06. The number of aromatic hydroxyl groups is 1. The molecule has 0 radical (unpaired) electrons. The zero-order valence-corrected chi connectivity index (χ0v) is 27.1. The molecule has 9 nitrogen and oxygen atoms in total. The van der Waals surface area contributed by atoms with Crippen LogP contribution in [0.25, 0.3) is 21.9 Å². The molecule has 0 aliphatic heterocycles. The second-order valence-electron chi connectivity index (χ2n) is 11.0. The van der Waals surface area contributed by atoms with Gasteiger partial charge >= 0.3 is 5.97 Å². The number of carbonyl (C=O) groups is 1. The number of sulfone groups is 1. The summed E-state index contributed by atoms with van der Waals surface area (Å²) < 4.78 is 42.1. The highest BCUT2D eigenvalue weighted by Gasteiger charge is 2.15. The van der Waals surface area contributed by atoms with Gasteiger partial charge in [0.2, 0.25) is 0 Å². The molecule has 5 aromatic carbocycles. The summed E-state index contributed by atoms with van der Waals surface area (Å²) in [5.74, 6) is 1.73. The summed E-state index contributed by atoms with van der Waals surface area (Å²) in [6.07, 6.45) is 2.00. The third-order valence-electron chi connectivity index (χ3n) is 7.70. The molecule has 0 aromatic heterocycles. The van der Waals surface area contributed by atoms with E-state index in [1.807, 2.05) is 36.4 Å². The molecular weight excluding hydrogens is 618 g/mol. The topological polar surface area (TPSA) is 123 Å². The van der Waals surface area contributed by atoms with Crippen LogP contribution in [0, 0.1) is 0 Å². The lowest BCUT2D eigenvalue weighted by Crippen LogP contribution is -2.30. The lowest BCUT2D eigenvalue weighted by atomic mass is 9.99. The van der Waals surface area contributed by atoms with Crippen LogP contribution in [0.1, 0.15) is 23.7 Å². The molecule has 0 amide bonds. The van der Waals surface area contributed by atoms with Gasteiger partial charge < -0.3 is 29.3 Å². The van der Waals surface area contributed by atoms with Gasteiger partial charge in [0, 0.05) is 30.3 Å². The summed E-state index contributed by atoms with van der Waals surface area (Å²) in [4.78, 5) is 13.5. The Morgan fingerprint density at radius 2 is 1.40 bits per heavy atom. The van der Waals surface area contributed by atoms with Crippen molar-refractivity contribution >= 4 is 26.6 Å². The first-order valence-corrected chi connectivity index (χ1v) is 17.2. The summed E-state index contributed by atoms with van der Waals surface area (Å²) in [5, 5.41) is 20.7. The molecule has 0 heterocycles. The number of carboxylic acid groups (broad SMARTS) is 1. The maximum absolute atomic E-state index is 12.0. The zero-order valence-electron chi connectivity index (χ0n) is 26.3. The van der Waals surface area contributed by atoms with E-state index in [1.54, 1.807) is 54.6 Å². The lowest BCUT2D eigenvalue weighted by molar-refractivity contribution is 0.0696. The second-order valence-corrected chi connectivity index (χ2v) is 13.0. The Bertz CT molecular complexity index is 1920. The van der Waals surface area contributed by atoms with Crippen molar-refractivity contribution in [1.29, 1.82) is 0 Å². The molecule has 244 valence electrons. The average Bonchev–Trinajstić information content (AvgIpc) is 3.06. The molecule has 0 fully saturated rings. The third-order valence-corrected chi connectivity index (χ3v) is 8.83. The van der Waals surface area contributed by atoms with Crippen molar-refractivity contribution in [3.8, 4) is 39.9 Å². The van der Waals surface area contributed by atoms with Gasteiger partial charge in [-0.05, 0) is 109 Å². The minimum Gasteiger partial charge on any atom is -0.508 e. The number of rotatable bonds is 15. The van der Waals surface area contributed by atoms with E-state index in [0.717, 1.165) is 48.0 Å². The molecule has 0 atom stereocenters. The Kier molecular flexibility index (Phi) is 10.6. The number of aromatic carboxylic acids is 1. The van der Waals surface area contributed by atoms with Crippen LogP contribution < -0.4 is 14.2 Å². The van der Waals surface area contributed by atoms with Crippen LogP contribution in [0.2, 0.25) is 0 Å². The molecule has 0 saturated carbocycles. The highest BCUT2D eigenvalue weighted by atomic mass is 32.2. The fourth-order valence-corrected chi connectivity index (χ4v) is 5.75. The molecule has 47 heavy (non-hydrogen) atoms. The molecule has 0 spiro atoms. The summed E-state index contributed by atoms with van der Waals surface area (Å²) in [6.45, 7) is 5.57. The summed E-state index contributed by atoms with van der Waals surface area (Å²) in [6, 6.07) is 29.3. The molecule has 5 aromatic rings. The number of likely N-dealkylation sites (N-methyl/N-ethyl adjacent to an activating group) is 1. The van der Waals surface area contributed by atoms with Gasteiger partial charge in [-0.2, -0.15) is 0 Å². The number of phenolic OH excluding ortho intramolecular Hbond substituents is 1. The van der Waals surface area contributed by atoms with E-state index in [4.69, 9.17) is 19.3 Å². The minimum atomic E-state index is -3.33. The Balaban J connectivity index is 1.18. The number of phenols is 1. The van der Waals surface area contributed by atoms with Crippen LogP contribution in [0.15, 0.2) is 108 Å². The molecule has 0 bridgehead atoms. The smallest absolute Gasteiger partial charge is 0.335 e. The van der Waals surface area contributed by atoms with Crippen molar-refractivity contribution in [1.82, 2.24) is 4.90 Å². The van der Waals surface area contributed by atoms with Gasteiger partial charge in [-0.25, -0.2) is 13.2 Å². The summed E-state index contributed by atoms with van der Waals surface area (Å²) >= 11 is 0. The molecule has 0 unspecified atom stereocenters. The maximum Gasteiger partial charge on any atom is 0.335 e. The molecule has 2 N–H and O–H groups in total. The van der Waals surface area contributed by atoms with Crippen molar-refractivity contribution in [3.63, 3.8) is 0 Å². The van der Waals surface area contributed by atoms with Gasteiger partial charge in [0.15, 0.2) is 9.84 Å². The van der Waals surface area contributed by atoms with Crippen LogP contribution in [-0.4, -0.2) is 68.6 Å². The minimum absolute atomic E-state index is 0.148. The highest BCUT2D eigenvalue weighted by molar-refractivity contribution is 7.90. The number of hydrogen-bond donors (Lipinski definition) is 2. The monoisotopic (exact) mass is 655 g/mol. The number of benzene rings is 5. The number of fused-ring (bicyclic) bond motifs is 1. The van der Waals surface area contributed by atoms with Gasteiger partial charge in [0.1, 0.15) is 35.4 Å². The normalized spacial score (nSPS) is 11.5. The predicted molar refractivity (Wildman–Crippen MR) is 182 cm³/mol. The van der Waals surface area contributed by atoms with Crippen molar-refractivity contribution in [2.75, 3.05) is 39.1 Å². The number of ether oxygens (including phenoxy) is 3. The molecule has 0 aliphatic rings. The largest absolute Gasteiger partial charge is 0.508 e. The Labute approximate surface area is 274 Å². The van der Waals surface area contributed by atoms with Gasteiger partial charge in [0.25, 0.3) is 0 Å². The predicted octanol–water partition coefficient (Wildman–Crippen LogP) is 7.28. The average molecular weight is 656 g/mol. The number of carboxylic acids is 1. The molecule has 10 heteroatoms. The van der Waals surface area contributed by atoms with E-state index in [9.17, 15) is 18.3 Å². The van der Waals surface area contributed by atoms with Crippen LogP contribution in [0.5, 0.6) is 28.7 Å². The van der Waals surface area contributed by atoms with E-state index in [2.05, 4.69) is 11.8 Å². The van der Waals surface area contributed by atoms with Gasteiger partial charge in [-0.3, -0.25) is 0 Å². The first-order valence-electron chi connectivity index (χ1n) is 15.3. The van der Waals surface area contributed by atoms with Gasteiger partial charge in [0.05, 0.1) is 17.1 Å². The fraction of sp³-hybridized carbons (Fsp3) is 0.216. The first kappa shape index (κ1) is 33.3. The second kappa shape index (κ2) is 15.0. The SMILES string of the molecule is CCN(CCCOc1ccc(C(=O)O)cc1)CCOc1ccc(Oc2c(-c3ccc(S(C)(=O)=O)cc3)ccc3cc(O)ccc23)cc1. The van der Waals surface area contributed by atoms with Gasteiger partial charge in [-0.15, -0.1) is 0 Å². The molecule has 0 saturated heterocycles. The Morgan fingerprint density at radius 1 is 0.766 bits per heavy atom. The van der Waals surface area contributed by atoms with Crippen molar-refractivity contribution < 1.29 is 37.6 Å². The van der Waals surface area contributed by atoms with Crippen LogP contribution in [-0.2, 0) is 9.84 Å². The van der Waals surface area contributed by atoms with Crippen LogP contribution in [0.3, 0.4) is 0 Å². The van der Waals surface area contributed by atoms with E-state index in [0.29, 0.717) is 36.2 Å². The molecule has 5 rings (SSSR count). The van der Waals surface area contributed by atoms with Crippen molar-refractivity contribution in [2.45, 2.75) is 18.2 Å². The Morgan fingerprint density at radius 3 is 2.04 bits per heavy atom. The van der Waals surface area contributed by atoms with Crippen LogP contribution in [0.4, 0.5) is 0 Å². The van der Waals surface area contributed by atoms with Crippen LogP contribution >= 0.6 is 0 Å². The third kappa shape index (κ3) is 8.81. The number of nitrogens with zero attached hydrogens (tertiary/aromatic N) is 1. The van der Waals surface area contributed by atoms with Crippen molar-refractivity contribution in [2.24, 2.45) is 0 Å². The standard InChI is InChI=1S/C37H37NO8S/c1-3-38(21-4-23-44-30-11-5-27(6-12-30)37(40)41)22-24-45-31-13-15-32(16-14-31)46-36-34(19-9-28-25-29(39)10-20-35(28)36)26-7-17-33(18-8-26)47(2,42)43/h5-20,25,39H,3-4,21-24H2,1-2H3,(H,40,41). The van der Waals surface area contributed by atoms with Gasteiger partial charge in [-0.1, -0.05) is 25.1 Å². The van der Waals surface area contributed by atoms with Crippen molar-refractivity contribution in [3.05, 3.63) is 109 Å². The molecular formula is C37H37NO8S. The molecule has 0 aliphatic carbocycles.